The first-order valence-corrected chi connectivity index (χ1v) is 9.79. The van der Waals surface area contributed by atoms with Gasteiger partial charge in [0.25, 0.3) is 0 Å². The van der Waals surface area contributed by atoms with Crippen LogP contribution in [0.15, 0.2) is 63.7 Å². The number of hydrogen-bond acceptors (Lipinski definition) is 6. The monoisotopic (exact) mass is 426 g/mol. The van der Waals surface area contributed by atoms with Crippen LogP contribution in [0.4, 0.5) is 0 Å². The number of benzene rings is 1. The lowest BCUT2D eigenvalue weighted by atomic mass is 10.2. The quantitative estimate of drug-likeness (QED) is 0.434. The molecule has 0 aliphatic carbocycles. The normalized spacial score (nSPS) is 11.2. The minimum absolute atomic E-state index is 0.818. The van der Waals surface area contributed by atoms with E-state index in [1.165, 1.54) is 11.8 Å². The fourth-order valence-corrected chi connectivity index (χ4v) is 3.95. The lowest BCUT2D eigenvalue weighted by Crippen LogP contribution is -2.02. The fourth-order valence-electron chi connectivity index (χ4n) is 2.68. The van der Waals surface area contributed by atoms with Crippen molar-refractivity contribution in [1.29, 1.82) is 0 Å². The number of pyridine rings is 1. The minimum Gasteiger partial charge on any atom is -0.302 e. The van der Waals surface area contributed by atoms with Crippen molar-refractivity contribution in [3.8, 4) is 11.4 Å². The van der Waals surface area contributed by atoms with E-state index in [4.69, 9.17) is 0 Å². The number of halogens is 1. The zero-order chi connectivity index (χ0) is 17.9. The van der Waals surface area contributed by atoms with E-state index in [1.54, 1.807) is 18.7 Å². The van der Waals surface area contributed by atoms with Crippen molar-refractivity contribution in [2.45, 2.75) is 30.1 Å². The summed E-state index contributed by atoms with van der Waals surface area (Å²) < 4.78 is 3.13. The Kier molecular flexibility index (Phi) is 4.94. The van der Waals surface area contributed by atoms with Gasteiger partial charge in [-0.3, -0.25) is 4.98 Å². The molecule has 0 radical (unpaired) electrons. The van der Waals surface area contributed by atoms with Gasteiger partial charge in [0.15, 0.2) is 11.0 Å². The number of nitrogens with zero attached hydrogens (tertiary/aromatic N) is 6. The molecule has 0 aliphatic rings. The molecule has 0 amide bonds. The smallest absolute Gasteiger partial charge is 0.197 e. The molecule has 4 rings (SSSR count). The molecular weight excluding hydrogens is 412 g/mol. The summed E-state index contributed by atoms with van der Waals surface area (Å²) in [5, 5.41) is 11.5. The molecule has 8 heteroatoms. The largest absolute Gasteiger partial charge is 0.302 e. The van der Waals surface area contributed by atoms with E-state index in [0.717, 1.165) is 49.9 Å². The topological polar surface area (TPSA) is 69.4 Å². The summed E-state index contributed by atoms with van der Waals surface area (Å²) in [6, 6.07) is 9.88. The molecule has 26 heavy (non-hydrogen) atoms. The van der Waals surface area contributed by atoms with Gasteiger partial charge in [-0.2, -0.15) is 0 Å². The van der Waals surface area contributed by atoms with Gasteiger partial charge in [-0.25, -0.2) is 9.97 Å². The van der Waals surface area contributed by atoms with Gasteiger partial charge in [0, 0.05) is 34.4 Å². The summed E-state index contributed by atoms with van der Waals surface area (Å²) in [5.41, 5.74) is 1.91. The molecule has 0 fully saturated rings. The maximum Gasteiger partial charge on any atom is 0.197 e. The molecular formula is C18H15BrN6S. The van der Waals surface area contributed by atoms with Crippen LogP contribution in [0.25, 0.3) is 22.3 Å². The Hall–Kier alpha value is -2.32. The highest BCUT2D eigenvalue weighted by Crippen LogP contribution is 2.33. The first-order valence-electron chi connectivity index (χ1n) is 8.18. The van der Waals surface area contributed by atoms with Crippen molar-refractivity contribution in [3.63, 3.8) is 0 Å². The second-order valence-electron chi connectivity index (χ2n) is 5.64. The van der Waals surface area contributed by atoms with Gasteiger partial charge < -0.3 is 4.57 Å². The number of aromatic nitrogens is 6. The molecule has 130 valence electrons. The second kappa shape index (κ2) is 7.51. The SMILES string of the molecule is CCCn1c(Sc2ncnc3ccc(Br)cc23)nnc1-c1ccncc1. The summed E-state index contributed by atoms with van der Waals surface area (Å²) in [5.74, 6) is 0.844. The minimum atomic E-state index is 0.818. The number of fused-ring (bicyclic) bond motifs is 1. The lowest BCUT2D eigenvalue weighted by molar-refractivity contribution is 0.626. The Bertz CT molecular complexity index is 1050. The lowest BCUT2D eigenvalue weighted by Gasteiger charge is -2.09. The maximum atomic E-state index is 4.47. The Morgan fingerprint density at radius 3 is 2.73 bits per heavy atom. The Balaban J connectivity index is 1.78. The van der Waals surface area contributed by atoms with Crippen molar-refractivity contribution >= 4 is 38.6 Å². The molecule has 0 saturated carbocycles. The molecule has 0 unspecified atom stereocenters. The van der Waals surface area contributed by atoms with Crippen LogP contribution in [0.5, 0.6) is 0 Å². The summed E-state index contributed by atoms with van der Waals surface area (Å²) in [4.78, 5) is 12.9. The fraction of sp³-hybridized carbons (Fsp3) is 0.167. The third kappa shape index (κ3) is 3.34. The van der Waals surface area contributed by atoms with Gasteiger partial charge in [0.2, 0.25) is 0 Å². The van der Waals surface area contributed by atoms with Crippen molar-refractivity contribution in [3.05, 3.63) is 53.5 Å². The van der Waals surface area contributed by atoms with Crippen LogP contribution in [0.1, 0.15) is 13.3 Å². The van der Waals surface area contributed by atoms with Crippen LogP contribution in [-0.4, -0.2) is 29.7 Å². The van der Waals surface area contributed by atoms with Gasteiger partial charge >= 0.3 is 0 Å². The highest BCUT2D eigenvalue weighted by Gasteiger charge is 2.16. The molecule has 3 aromatic heterocycles. The van der Waals surface area contributed by atoms with E-state index in [2.05, 4.69) is 52.6 Å². The molecule has 4 aromatic rings. The van der Waals surface area contributed by atoms with Gasteiger partial charge in [0.05, 0.1) is 5.52 Å². The Morgan fingerprint density at radius 1 is 1.08 bits per heavy atom. The van der Waals surface area contributed by atoms with Crippen LogP contribution < -0.4 is 0 Å². The first-order chi connectivity index (χ1) is 12.8. The van der Waals surface area contributed by atoms with Crippen LogP contribution in [-0.2, 0) is 6.54 Å². The molecule has 0 bridgehead atoms. The molecule has 0 N–H and O–H groups in total. The van der Waals surface area contributed by atoms with Gasteiger partial charge in [-0.1, -0.05) is 22.9 Å². The van der Waals surface area contributed by atoms with Crippen LogP contribution in [0.3, 0.4) is 0 Å². The van der Waals surface area contributed by atoms with E-state index in [1.807, 2.05) is 30.3 Å². The van der Waals surface area contributed by atoms with E-state index >= 15 is 0 Å². The van der Waals surface area contributed by atoms with E-state index in [-0.39, 0.29) is 0 Å². The zero-order valence-electron chi connectivity index (χ0n) is 14.0. The average Bonchev–Trinajstić information content (AvgIpc) is 3.06. The first kappa shape index (κ1) is 17.1. The number of rotatable bonds is 5. The van der Waals surface area contributed by atoms with Crippen molar-refractivity contribution in [2.75, 3.05) is 0 Å². The van der Waals surface area contributed by atoms with Crippen LogP contribution in [0, 0.1) is 0 Å². The van der Waals surface area contributed by atoms with Crippen LogP contribution >= 0.6 is 27.7 Å². The summed E-state index contributed by atoms with van der Waals surface area (Å²) in [6.07, 6.45) is 6.10. The highest BCUT2D eigenvalue weighted by atomic mass is 79.9. The van der Waals surface area contributed by atoms with Crippen molar-refractivity contribution < 1.29 is 0 Å². The zero-order valence-corrected chi connectivity index (χ0v) is 16.4. The van der Waals surface area contributed by atoms with Crippen molar-refractivity contribution in [1.82, 2.24) is 29.7 Å². The molecule has 3 heterocycles. The molecule has 0 aliphatic heterocycles. The summed E-state index contributed by atoms with van der Waals surface area (Å²) in [7, 11) is 0. The van der Waals surface area contributed by atoms with Gasteiger partial charge in [-0.15, -0.1) is 10.2 Å². The summed E-state index contributed by atoms with van der Waals surface area (Å²) in [6.45, 7) is 2.97. The van der Waals surface area contributed by atoms with Crippen molar-refractivity contribution in [2.24, 2.45) is 0 Å². The maximum absolute atomic E-state index is 4.47. The molecule has 0 saturated heterocycles. The molecule has 0 spiro atoms. The number of hydrogen-bond donors (Lipinski definition) is 0. The predicted molar refractivity (Wildman–Crippen MR) is 105 cm³/mol. The van der Waals surface area contributed by atoms with E-state index in [9.17, 15) is 0 Å². The Morgan fingerprint density at radius 2 is 1.92 bits per heavy atom. The highest BCUT2D eigenvalue weighted by molar-refractivity contribution is 9.10. The van der Waals surface area contributed by atoms with E-state index in [0.29, 0.717) is 0 Å². The molecule has 6 nitrogen and oxygen atoms in total. The second-order valence-corrected chi connectivity index (χ2v) is 7.51. The Labute approximate surface area is 163 Å². The van der Waals surface area contributed by atoms with Crippen LogP contribution in [0.2, 0.25) is 0 Å². The molecule has 0 atom stereocenters. The summed E-state index contributed by atoms with van der Waals surface area (Å²) >= 11 is 5.03. The third-order valence-electron chi connectivity index (χ3n) is 3.85. The van der Waals surface area contributed by atoms with Gasteiger partial charge in [-0.05, 0) is 48.5 Å². The van der Waals surface area contributed by atoms with E-state index < -0.39 is 0 Å². The van der Waals surface area contributed by atoms with Gasteiger partial charge in [0.1, 0.15) is 11.4 Å². The third-order valence-corrected chi connectivity index (χ3v) is 5.35. The standard InChI is InChI=1S/C18H15BrN6S/c1-2-9-25-16(12-5-7-20-8-6-12)23-24-18(25)26-17-14-10-13(19)3-4-15(14)21-11-22-17/h3-8,10-11H,2,9H2,1H3. The average molecular weight is 427 g/mol. The molecule has 1 aromatic carbocycles. The predicted octanol–water partition coefficient (Wildman–Crippen LogP) is 4.61.